The van der Waals surface area contributed by atoms with E-state index in [4.69, 9.17) is 11.6 Å². The van der Waals surface area contributed by atoms with Crippen molar-refractivity contribution in [3.05, 3.63) is 28.8 Å². The van der Waals surface area contributed by atoms with Crippen LogP contribution in [0.1, 0.15) is 32.3 Å². The number of sulfonamides is 1. The van der Waals surface area contributed by atoms with Gasteiger partial charge in [-0.15, -0.1) is 0 Å². The number of nitrogens with one attached hydrogen (secondary N) is 1. The van der Waals surface area contributed by atoms with E-state index in [1.165, 1.54) is 0 Å². The lowest BCUT2D eigenvalue weighted by molar-refractivity contribution is -0.120. The van der Waals surface area contributed by atoms with Gasteiger partial charge in [0.25, 0.3) is 0 Å². The minimum absolute atomic E-state index is 0.0133. The summed E-state index contributed by atoms with van der Waals surface area (Å²) in [5.74, 6) is -0.328. The molecule has 0 spiro atoms. The van der Waals surface area contributed by atoms with Gasteiger partial charge in [-0.2, -0.15) is 0 Å². The van der Waals surface area contributed by atoms with Gasteiger partial charge in [-0.3, -0.25) is 9.10 Å². The molecule has 5 nitrogen and oxygen atoms in total. The van der Waals surface area contributed by atoms with Crippen molar-refractivity contribution in [1.29, 1.82) is 0 Å². The molecule has 1 amide bonds. The Morgan fingerprint density at radius 2 is 2.05 bits per heavy atom. The van der Waals surface area contributed by atoms with E-state index in [2.05, 4.69) is 5.32 Å². The summed E-state index contributed by atoms with van der Waals surface area (Å²) in [6, 6.07) is 4.98. The zero-order valence-corrected chi connectivity index (χ0v) is 15.0. The molecule has 0 heterocycles. The van der Waals surface area contributed by atoms with Gasteiger partial charge in [0.2, 0.25) is 15.9 Å². The maximum absolute atomic E-state index is 12.1. The van der Waals surface area contributed by atoms with Crippen molar-refractivity contribution in [2.75, 3.05) is 17.1 Å². The van der Waals surface area contributed by atoms with Gasteiger partial charge in [0.15, 0.2) is 0 Å². The van der Waals surface area contributed by atoms with E-state index in [-0.39, 0.29) is 18.5 Å². The molecule has 1 rings (SSSR count). The van der Waals surface area contributed by atoms with Crippen molar-refractivity contribution < 1.29 is 13.2 Å². The number of rotatable bonds is 7. The molecule has 0 aromatic heterocycles. The summed E-state index contributed by atoms with van der Waals surface area (Å²) in [5, 5.41) is 3.23. The van der Waals surface area contributed by atoms with E-state index in [9.17, 15) is 13.2 Å². The van der Waals surface area contributed by atoms with Crippen LogP contribution >= 0.6 is 11.6 Å². The molecule has 0 bridgehead atoms. The summed E-state index contributed by atoms with van der Waals surface area (Å²) in [6.45, 7) is 5.45. The first kappa shape index (κ1) is 18.8. The average molecular weight is 347 g/mol. The fraction of sp³-hybridized carbons (Fsp3) is 0.533. The smallest absolute Gasteiger partial charge is 0.240 e. The van der Waals surface area contributed by atoms with Gasteiger partial charge in [0.05, 0.1) is 11.9 Å². The number of hydrogen-bond donors (Lipinski definition) is 1. The molecule has 0 unspecified atom stereocenters. The Hall–Kier alpha value is -1.27. The molecule has 0 saturated heterocycles. The number of amides is 1. The van der Waals surface area contributed by atoms with Crippen molar-refractivity contribution >= 4 is 33.2 Å². The number of carbonyl (C=O) groups is 1. The zero-order valence-electron chi connectivity index (χ0n) is 13.4. The van der Waals surface area contributed by atoms with Crippen LogP contribution in [0.25, 0.3) is 0 Å². The standard InChI is InChI=1S/C15H23ClN2O3S/c1-5-6-12(3)17-15(19)10-18(22(4,20)21)14-9-13(16)8-7-11(14)2/h7-9,12H,5-6,10H2,1-4H3,(H,17,19)/t12-/m0/s1. The topological polar surface area (TPSA) is 66.5 Å². The first-order valence-electron chi connectivity index (χ1n) is 7.18. The van der Waals surface area contributed by atoms with Crippen LogP contribution < -0.4 is 9.62 Å². The lowest BCUT2D eigenvalue weighted by Gasteiger charge is -2.24. The Morgan fingerprint density at radius 1 is 1.41 bits per heavy atom. The van der Waals surface area contributed by atoms with Crippen molar-refractivity contribution in [2.45, 2.75) is 39.7 Å². The van der Waals surface area contributed by atoms with E-state index in [1.54, 1.807) is 25.1 Å². The van der Waals surface area contributed by atoms with E-state index in [1.807, 2.05) is 13.8 Å². The van der Waals surface area contributed by atoms with Crippen LogP contribution in [0.2, 0.25) is 5.02 Å². The zero-order chi connectivity index (χ0) is 16.9. The van der Waals surface area contributed by atoms with E-state index >= 15 is 0 Å². The van der Waals surface area contributed by atoms with Crippen molar-refractivity contribution in [3.63, 3.8) is 0 Å². The molecule has 1 aromatic carbocycles. The summed E-state index contributed by atoms with van der Waals surface area (Å²) in [5.41, 5.74) is 1.16. The van der Waals surface area contributed by atoms with Gasteiger partial charge >= 0.3 is 0 Å². The second-order valence-electron chi connectivity index (χ2n) is 5.46. The Balaban J connectivity index is 3.01. The van der Waals surface area contributed by atoms with Crippen LogP contribution in [0.5, 0.6) is 0 Å². The van der Waals surface area contributed by atoms with E-state index in [0.29, 0.717) is 10.7 Å². The third-order valence-electron chi connectivity index (χ3n) is 3.26. The quantitative estimate of drug-likeness (QED) is 0.825. The highest BCUT2D eigenvalue weighted by atomic mass is 35.5. The summed E-state index contributed by atoms with van der Waals surface area (Å²) in [7, 11) is -3.59. The number of benzene rings is 1. The predicted molar refractivity (Wildman–Crippen MR) is 90.9 cm³/mol. The minimum atomic E-state index is -3.59. The van der Waals surface area contributed by atoms with Crippen molar-refractivity contribution in [2.24, 2.45) is 0 Å². The van der Waals surface area contributed by atoms with Crippen LogP contribution in [0.3, 0.4) is 0 Å². The largest absolute Gasteiger partial charge is 0.352 e. The number of hydrogen-bond acceptors (Lipinski definition) is 3. The molecule has 124 valence electrons. The van der Waals surface area contributed by atoms with Crippen LogP contribution in [0.15, 0.2) is 18.2 Å². The lowest BCUT2D eigenvalue weighted by atomic mass is 10.2. The number of halogens is 1. The Bertz CT molecular complexity index is 632. The Kier molecular flexibility index (Phi) is 6.68. The van der Waals surface area contributed by atoms with Gasteiger partial charge in [-0.05, 0) is 38.0 Å². The molecule has 0 saturated carbocycles. The second-order valence-corrected chi connectivity index (χ2v) is 7.80. The number of nitrogens with zero attached hydrogens (tertiary/aromatic N) is 1. The second kappa shape index (κ2) is 7.83. The molecule has 0 radical (unpaired) electrons. The molecule has 22 heavy (non-hydrogen) atoms. The van der Waals surface area contributed by atoms with Crippen LogP contribution in [-0.2, 0) is 14.8 Å². The third-order valence-corrected chi connectivity index (χ3v) is 4.62. The van der Waals surface area contributed by atoms with Gasteiger partial charge in [-0.1, -0.05) is 31.0 Å². The maximum Gasteiger partial charge on any atom is 0.240 e. The van der Waals surface area contributed by atoms with E-state index in [0.717, 1.165) is 29.0 Å². The summed E-state index contributed by atoms with van der Waals surface area (Å²) < 4.78 is 25.2. The number of anilines is 1. The fourth-order valence-corrected chi connectivity index (χ4v) is 3.26. The Labute approximate surface area is 137 Å². The maximum atomic E-state index is 12.1. The summed E-state index contributed by atoms with van der Waals surface area (Å²) >= 11 is 5.95. The first-order valence-corrected chi connectivity index (χ1v) is 9.41. The molecule has 0 aliphatic carbocycles. The monoisotopic (exact) mass is 346 g/mol. The highest BCUT2D eigenvalue weighted by molar-refractivity contribution is 7.92. The molecule has 1 N–H and O–H groups in total. The van der Waals surface area contributed by atoms with Crippen LogP contribution in [0, 0.1) is 6.92 Å². The van der Waals surface area contributed by atoms with Crippen LogP contribution in [-0.4, -0.2) is 33.2 Å². The van der Waals surface area contributed by atoms with Gasteiger partial charge in [0.1, 0.15) is 6.54 Å². The molecular formula is C15H23ClN2O3S. The molecule has 0 aliphatic heterocycles. The lowest BCUT2D eigenvalue weighted by Crippen LogP contribution is -2.43. The first-order chi connectivity index (χ1) is 10.1. The average Bonchev–Trinajstić information content (AvgIpc) is 2.38. The highest BCUT2D eigenvalue weighted by Crippen LogP contribution is 2.26. The van der Waals surface area contributed by atoms with Crippen LogP contribution in [0.4, 0.5) is 5.69 Å². The summed E-state index contributed by atoms with van der Waals surface area (Å²) in [6.07, 6.45) is 2.88. The normalized spacial score (nSPS) is 12.8. The Morgan fingerprint density at radius 3 is 2.59 bits per heavy atom. The van der Waals surface area contributed by atoms with Gasteiger partial charge in [0, 0.05) is 11.1 Å². The molecular weight excluding hydrogens is 324 g/mol. The van der Waals surface area contributed by atoms with Crippen molar-refractivity contribution in [3.8, 4) is 0 Å². The number of aryl methyl sites for hydroxylation is 1. The highest BCUT2D eigenvalue weighted by Gasteiger charge is 2.23. The number of carbonyl (C=O) groups excluding carboxylic acids is 1. The van der Waals surface area contributed by atoms with Gasteiger partial charge < -0.3 is 5.32 Å². The fourth-order valence-electron chi connectivity index (χ4n) is 2.19. The SMILES string of the molecule is CCC[C@H](C)NC(=O)CN(c1cc(Cl)ccc1C)S(C)(=O)=O. The van der Waals surface area contributed by atoms with E-state index < -0.39 is 10.0 Å². The molecule has 0 aliphatic rings. The predicted octanol–water partition coefficient (Wildman–Crippen LogP) is 2.72. The van der Waals surface area contributed by atoms with Gasteiger partial charge in [-0.25, -0.2) is 8.42 Å². The van der Waals surface area contributed by atoms with Crippen molar-refractivity contribution in [1.82, 2.24) is 5.32 Å². The molecule has 0 fully saturated rings. The minimum Gasteiger partial charge on any atom is -0.352 e. The third kappa shape index (κ3) is 5.50. The molecule has 1 aromatic rings. The summed E-state index contributed by atoms with van der Waals surface area (Å²) in [4.78, 5) is 12.1. The molecule has 1 atom stereocenters. The molecule has 7 heteroatoms.